The van der Waals surface area contributed by atoms with Crippen LogP contribution in [0.2, 0.25) is 5.02 Å². The summed E-state index contributed by atoms with van der Waals surface area (Å²) >= 11 is 6.03. The number of aliphatic carboxylic acids is 1. The van der Waals surface area contributed by atoms with Gasteiger partial charge >= 0.3 is 5.97 Å². The molecule has 1 rings (SSSR count). The first-order valence-electron chi connectivity index (χ1n) is 4.95. The summed E-state index contributed by atoms with van der Waals surface area (Å²) in [6, 6.07) is 5.42. The number of hydrogen-bond donors (Lipinski definition) is 1. The van der Waals surface area contributed by atoms with Crippen LogP contribution in [0, 0.1) is 0 Å². The fraction of sp³-hybridized carbons (Fsp3) is 0.417. The molecule has 0 fully saturated rings. The summed E-state index contributed by atoms with van der Waals surface area (Å²) in [4.78, 5) is 10.8. The van der Waals surface area contributed by atoms with Crippen molar-refractivity contribution in [3.05, 3.63) is 34.3 Å². The average Bonchev–Trinajstić information content (AvgIpc) is 2.16. The number of rotatable bonds is 3. The van der Waals surface area contributed by atoms with Crippen LogP contribution in [0.3, 0.4) is 0 Å². The minimum Gasteiger partial charge on any atom is -0.481 e. The van der Waals surface area contributed by atoms with E-state index < -0.39 is 11.9 Å². The number of halogens is 1. The summed E-state index contributed by atoms with van der Waals surface area (Å²) in [5.41, 5.74) is 1.80. The fourth-order valence-electron chi connectivity index (χ4n) is 1.42. The van der Waals surface area contributed by atoms with Gasteiger partial charge in [0, 0.05) is 5.02 Å². The Morgan fingerprint density at radius 1 is 1.33 bits per heavy atom. The largest absolute Gasteiger partial charge is 0.481 e. The molecule has 0 aliphatic carbocycles. The Kier molecular flexibility index (Phi) is 3.75. The summed E-state index contributed by atoms with van der Waals surface area (Å²) in [7, 11) is 0. The lowest BCUT2D eigenvalue weighted by atomic mass is 9.95. The van der Waals surface area contributed by atoms with Crippen molar-refractivity contribution >= 4 is 17.6 Å². The molecule has 0 amide bonds. The third-order valence-electron chi connectivity index (χ3n) is 2.51. The predicted molar refractivity (Wildman–Crippen MR) is 61.6 cm³/mol. The maximum atomic E-state index is 10.8. The van der Waals surface area contributed by atoms with Crippen molar-refractivity contribution in [3.63, 3.8) is 0 Å². The van der Waals surface area contributed by atoms with Crippen molar-refractivity contribution in [2.75, 3.05) is 0 Å². The van der Waals surface area contributed by atoms with Crippen LogP contribution in [0.25, 0.3) is 0 Å². The van der Waals surface area contributed by atoms with Gasteiger partial charge in [-0.3, -0.25) is 4.79 Å². The zero-order chi connectivity index (χ0) is 11.6. The van der Waals surface area contributed by atoms with Gasteiger partial charge in [-0.15, -0.1) is 0 Å². The van der Waals surface area contributed by atoms with Crippen LogP contribution in [-0.4, -0.2) is 11.1 Å². The highest BCUT2D eigenvalue weighted by atomic mass is 35.5. The topological polar surface area (TPSA) is 37.3 Å². The van der Waals surface area contributed by atoms with Crippen molar-refractivity contribution in [3.8, 4) is 0 Å². The molecule has 0 aliphatic rings. The van der Waals surface area contributed by atoms with Gasteiger partial charge in [0.2, 0.25) is 0 Å². The van der Waals surface area contributed by atoms with Crippen LogP contribution < -0.4 is 0 Å². The summed E-state index contributed by atoms with van der Waals surface area (Å²) in [5, 5.41) is 9.60. The van der Waals surface area contributed by atoms with Gasteiger partial charge in [-0.1, -0.05) is 37.6 Å². The maximum absolute atomic E-state index is 10.8. The summed E-state index contributed by atoms with van der Waals surface area (Å²) in [6.45, 7) is 5.75. The molecule has 82 valence electrons. The van der Waals surface area contributed by atoms with Gasteiger partial charge < -0.3 is 5.11 Å². The Labute approximate surface area is 94.9 Å². The molecule has 1 unspecified atom stereocenters. The first-order chi connectivity index (χ1) is 6.93. The van der Waals surface area contributed by atoms with Crippen molar-refractivity contribution in [2.24, 2.45) is 0 Å². The third kappa shape index (κ3) is 2.72. The van der Waals surface area contributed by atoms with Gasteiger partial charge in [0.1, 0.15) is 0 Å². The molecule has 1 atom stereocenters. The van der Waals surface area contributed by atoms with Crippen molar-refractivity contribution in [1.29, 1.82) is 0 Å². The Balaban J connectivity index is 3.13. The lowest BCUT2D eigenvalue weighted by Crippen LogP contribution is -2.08. The van der Waals surface area contributed by atoms with Crippen LogP contribution in [-0.2, 0) is 4.79 Å². The van der Waals surface area contributed by atoms with E-state index >= 15 is 0 Å². The molecule has 1 aromatic carbocycles. The fourth-order valence-corrected chi connectivity index (χ4v) is 1.75. The van der Waals surface area contributed by atoms with Crippen molar-refractivity contribution < 1.29 is 9.90 Å². The number of carboxylic acids is 1. The summed E-state index contributed by atoms with van der Waals surface area (Å²) in [6.07, 6.45) is 0. The zero-order valence-electron chi connectivity index (χ0n) is 9.12. The van der Waals surface area contributed by atoms with E-state index in [0.29, 0.717) is 10.9 Å². The Morgan fingerprint density at radius 3 is 2.40 bits per heavy atom. The molecule has 0 saturated carbocycles. The molecule has 1 aromatic rings. The highest BCUT2D eigenvalue weighted by molar-refractivity contribution is 6.31. The standard InChI is InChI=1S/C12H15ClO2/c1-7(2)10-6-9(4-5-11(10)13)8(3)12(14)15/h4-8H,1-3H3,(H,14,15). The summed E-state index contributed by atoms with van der Waals surface area (Å²) in [5.74, 6) is -0.995. The van der Waals surface area contributed by atoms with Crippen molar-refractivity contribution in [2.45, 2.75) is 32.6 Å². The molecule has 0 aromatic heterocycles. The molecule has 0 aliphatic heterocycles. The van der Waals surface area contributed by atoms with Gasteiger partial charge in [-0.25, -0.2) is 0 Å². The Morgan fingerprint density at radius 2 is 1.93 bits per heavy atom. The van der Waals surface area contributed by atoms with Gasteiger partial charge in [0.05, 0.1) is 5.92 Å². The molecule has 15 heavy (non-hydrogen) atoms. The van der Waals surface area contributed by atoms with E-state index in [9.17, 15) is 4.79 Å². The van der Waals surface area contributed by atoms with E-state index in [0.717, 1.165) is 11.1 Å². The second kappa shape index (κ2) is 4.67. The molecule has 0 radical (unpaired) electrons. The SMILES string of the molecule is CC(C)c1cc(C(C)C(=O)O)ccc1Cl. The smallest absolute Gasteiger partial charge is 0.310 e. The van der Waals surface area contributed by atoms with E-state index in [1.165, 1.54) is 0 Å². The predicted octanol–water partition coefficient (Wildman–Crippen LogP) is 3.65. The Bertz CT molecular complexity index is 372. The molecular weight excluding hydrogens is 212 g/mol. The lowest BCUT2D eigenvalue weighted by Gasteiger charge is -2.12. The molecule has 1 N–H and O–H groups in total. The molecule has 0 bridgehead atoms. The van der Waals surface area contributed by atoms with Crippen LogP contribution in [0.4, 0.5) is 0 Å². The highest BCUT2D eigenvalue weighted by Gasteiger charge is 2.15. The lowest BCUT2D eigenvalue weighted by molar-refractivity contribution is -0.138. The van der Waals surface area contributed by atoms with Crippen LogP contribution >= 0.6 is 11.6 Å². The molecular formula is C12H15ClO2. The number of benzene rings is 1. The third-order valence-corrected chi connectivity index (χ3v) is 2.86. The van der Waals surface area contributed by atoms with E-state index in [-0.39, 0.29) is 0 Å². The highest BCUT2D eigenvalue weighted by Crippen LogP contribution is 2.28. The minimum absolute atomic E-state index is 0.304. The average molecular weight is 227 g/mol. The van der Waals surface area contributed by atoms with E-state index in [1.807, 2.05) is 19.9 Å². The van der Waals surface area contributed by atoms with Gasteiger partial charge in [0.15, 0.2) is 0 Å². The first kappa shape index (κ1) is 12.1. The molecule has 0 spiro atoms. The minimum atomic E-state index is -0.813. The maximum Gasteiger partial charge on any atom is 0.310 e. The Hall–Kier alpha value is -1.02. The normalized spacial score (nSPS) is 12.9. The quantitative estimate of drug-likeness (QED) is 0.854. The molecule has 0 saturated heterocycles. The summed E-state index contributed by atoms with van der Waals surface area (Å²) < 4.78 is 0. The van der Waals surface area contributed by atoms with E-state index in [1.54, 1.807) is 19.1 Å². The number of carbonyl (C=O) groups is 1. The monoisotopic (exact) mass is 226 g/mol. The molecule has 3 heteroatoms. The molecule has 2 nitrogen and oxygen atoms in total. The van der Waals surface area contributed by atoms with Gasteiger partial charge in [-0.2, -0.15) is 0 Å². The second-order valence-electron chi connectivity index (χ2n) is 4.00. The second-order valence-corrected chi connectivity index (χ2v) is 4.40. The van der Waals surface area contributed by atoms with E-state index in [4.69, 9.17) is 16.7 Å². The zero-order valence-corrected chi connectivity index (χ0v) is 9.88. The van der Waals surface area contributed by atoms with E-state index in [2.05, 4.69) is 0 Å². The molecule has 0 heterocycles. The number of hydrogen-bond acceptors (Lipinski definition) is 1. The first-order valence-corrected chi connectivity index (χ1v) is 5.33. The van der Waals surface area contributed by atoms with Gasteiger partial charge in [-0.05, 0) is 30.0 Å². The van der Waals surface area contributed by atoms with Crippen LogP contribution in [0.15, 0.2) is 18.2 Å². The van der Waals surface area contributed by atoms with Crippen molar-refractivity contribution in [1.82, 2.24) is 0 Å². The number of carboxylic acid groups (broad SMARTS) is 1. The van der Waals surface area contributed by atoms with Crippen LogP contribution in [0.5, 0.6) is 0 Å². The van der Waals surface area contributed by atoms with Gasteiger partial charge in [0.25, 0.3) is 0 Å². The van der Waals surface area contributed by atoms with Crippen LogP contribution in [0.1, 0.15) is 43.7 Å².